The summed E-state index contributed by atoms with van der Waals surface area (Å²) in [5, 5.41) is 12.6. The van der Waals surface area contributed by atoms with Gasteiger partial charge in [0.2, 0.25) is 5.43 Å². The van der Waals surface area contributed by atoms with E-state index in [0.29, 0.717) is 31.0 Å². The molecule has 1 saturated heterocycles. The quantitative estimate of drug-likeness (QED) is 0.775. The first-order chi connectivity index (χ1) is 14.9. The molecule has 2 heterocycles. The molecule has 2 saturated carbocycles. The number of hydrogen-bond acceptors (Lipinski definition) is 4. The average molecular weight is 431 g/mol. The summed E-state index contributed by atoms with van der Waals surface area (Å²) < 4.78 is 32.6. The molecule has 3 atom stereocenters. The van der Waals surface area contributed by atoms with Crippen molar-refractivity contribution in [3.63, 3.8) is 0 Å². The van der Waals surface area contributed by atoms with Crippen LogP contribution in [0.1, 0.15) is 54.9 Å². The van der Waals surface area contributed by atoms with Crippen LogP contribution in [0.15, 0.2) is 17.1 Å². The Balaban J connectivity index is 1.64. The fraction of sp³-hybridized carbons (Fsp3) is 0.565. The van der Waals surface area contributed by atoms with Crippen LogP contribution in [0.5, 0.6) is 0 Å². The van der Waals surface area contributed by atoms with E-state index in [4.69, 9.17) is 0 Å². The Bertz CT molecular complexity index is 1110. The molecule has 2 aromatic rings. The van der Waals surface area contributed by atoms with E-state index in [1.54, 1.807) is 4.90 Å². The first-order valence-corrected chi connectivity index (χ1v) is 11.1. The Hall–Kier alpha value is -2.48. The van der Waals surface area contributed by atoms with E-state index in [2.05, 4.69) is 5.32 Å². The minimum atomic E-state index is -1.39. The lowest BCUT2D eigenvalue weighted by Crippen LogP contribution is -2.37. The van der Waals surface area contributed by atoms with Crippen LogP contribution in [0, 0.1) is 23.5 Å². The second-order valence-corrected chi connectivity index (χ2v) is 9.24. The van der Waals surface area contributed by atoms with Crippen LogP contribution in [0.3, 0.4) is 0 Å². The van der Waals surface area contributed by atoms with Gasteiger partial charge >= 0.3 is 5.97 Å². The Morgan fingerprint density at radius 3 is 2.58 bits per heavy atom. The number of carbonyl (C=O) groups is 1. The Labute approximate surface area is 178 Å². The van der Waals surface area contributed by atoms with Crippen molar-refractivity contribution in [2.24, 2.45) is 11.8 Å². The van der Waals surface area contributed by atoms with Crippen molar-refractivity contribution < 1.29 is 18.7 Å². The zero-order chi connectivity index (χ0) is 21.9. The number of benzene rings is 1. The molecule has 1 aromatic carbocycles. The summed E-state index contributed by atoms with van der Waals surface area (Å²) in [6, 6.07) is 1.30. The highest BCUT2D eigenvalue weighted by atomic mass is 19.1. The Morgan fingerprint density at radius 2 is 1.90 bits per heavy atom. The molecule has 5 rings (SSSR count). The van der Waals surface area contributed by atoms with Crippen LogP contribution < -0.4 is 15.6 Å². The van der Waals surface area contributed by atoms with Gasteiger partial charge in [0.05, 0.1) is 10.9 Å². The minimum absolute atomic E-state index is 0.0196. The van der Waals surface area contributed by atoms with E-state index in [1.165, 1.54) is 10.8 Å². The van der Waals surface area contributed by atoms with Gasteiger partial charge in [0.25, 0.3) is 0 Å². The first-order valence-electron chi connectivity index (χ1n) is 11.1. The summed E-state index contributed by atoms with van der Waals surface area (Å²) in [7, 11) is 1.95. The van der Waals surface area contributed by atoms with Gasteiger partial charge in [-0.2, -0.15) is 0 Å². The molecule has 31 heavy (non-hydrogen) atoms. The van der Waals surface area contributed by atoms with E-state index < -0.39 is 28.6 Å². The van der Waals surface area contributed by atoms with E-state index in [1.807, 2.05) is 7.05 Å². The number of aromatic carboxylic acids is 1. The number of hydrogen-bond donors (Lipinski definition) is 2. The number of aromatic nitrogens is 1. The lowest BCUT2D eigenvalue weighted by molar-refractivity contribution is 0.0694. The third-order valence-corrected chi connectivity index (χ3v) is 7.39. The molecule has 3 aliphatic rings. The molecule has 1 aliphatic heterocycles. The van der Waals surface area contributed by atoms with Crippen molar-refractivity contribution >= 4 is 22.6 Å². The number of nitrogens with zero attached hydrogens (tertiary/aromatic N) is 2. The van der Waals surface area contributed by atoms with Crippen LogP contribution in [-0.4, -0.2) is 41.8 Å². The second-order valence-electron chi connectivity index (χ2n) is 9.24. The second kappa shape index (κ2) is 7.58. The van der Waals surface area contributed by atoms with Gasteiger partial charge in [0, 0.05) is 31.4 Å². The molecule has 166 valence electrons. The average Bonchev–Trinajstić information content (AvgIpc) is 3.52. The van der Waals surface area contributed by atoms with Gasteiger partial charge in [-0.3, -0.25) is 4.79 Å². The molecular formula is C23H27F2N3O3. The van der Waals surface area contributed by atoms with Crippen molar-refractivity contribution in [2.75, 3.05) is 25.0 Å². The van der Waals surface area contributed by atoms with E-state index in [-0.39, 0.29) is 22.6 Å². The van der Waals surface area contributed by atoms with Crippen LogP contribution in [0.4, 0.5) is 14.5 Å². The van der Waals surface area contributed by atoms with Crippen LogP contribution in [-0.2, 0) is 0 Å². The maximum absolute atomic E-state index is 15.9. The van der Waals surface area contributed by atoms with Crippen LogP contribution >= 0.6 is 0 Å². The molecule has 0 unspecified atom stereocenters. The highest BCUT2D eigenvalue weighted by Crippen LogP contribution is 2.42. The number of carboxylic acid groups (broad SMARTS) is 1. The van der Waals surface area contributed by atoms with Gasteiger partial charge in [0.1, 0.15) is 17.1 Å². The molecule has 0 radical (unpaired) electrons. The number of pyridine rings is 1. The molecule has 0 bridgehead atoms. The van der Waals surface area contributed by atoms with Crippen molar-refractivity contribution in [1.82, 2.24) is 9.88 Å². The first kappa shape index (κ1) is 20.4. The van der Waals surface area contributed by atoms with E-state index >= 15 is 8.78 Å². The van der Waals surface area contributed by atoms with Crippen molar-refractivity contribution in [3.8, 4) is 0 Å². The molecule has 2 aliphatic carbocycles. The normalized spacial score (nSPS) is 26.2. The smallest absolute Gasteiger partial charge is 0.341 e. The summed E-state index contributed by atoms with van der Waals surface area (Å²) in [6.45, 7) is 1.15. The Morgan fingerprint density at radius 1 is 1.16 bits per heavy atom. The number of nitrogens with one attached hydrogen (secondary N) is 1. The van der Waals surface area contributed by atoms with Crippen molar-refractivity contribution in [3.05, 3.63) is 39.7 Å². The number of carboxylic acids is 1. The molecule has 0 spiro atoms. The number of halogens is 2. The molecule has 1 aromatic heterocycles. The third kappa shape index (κ3) is 3.32. The fourth-order valence-electron chi connectivity index (χ4n) is 5.70. The molecule has 6 nitrogen and oxygen atoms in total. The summed E-state index contributed by atoms with van der Waals surface area (Å²) in [5.74, 6) is -2.25. The number of anilines is 1. The number of fused-ring (bicyclic) bond motifs is 2. The zero-order valence-corrected chi connectivity index (χ0v) is 17.5. The van der Waals surface area contributed by atoms with Crippen molar-refractivity contribution in [1.29, 1.82) is 0 Å². The topological polar surface area (TPSA) is 74.6 Å². The molecule has 2 N–H and O–H groups in total. The van der Waals surface area contributed by atoms with Gasteiger partial charge in [-0.25, -0.2) is 13.6 Å². The highest BCUT2D eigenvalue weighted by molar-refractivity contribution is 5.94. The van der Waals surface area contributed by atoms with Gasteiger partial charge in [-0.1, -0.05) is 12.8 Å². The molecular weight excluding hydrogens is 404 g/mol. The predicted molar refractivity (Wildman–Crippen MR) is 114 cm³/mol. The lowest BCUT2D eigenvalue weighted by Gasteiger charge is -2.25. The summed E-state index contributed by atoms with van der Waals surface area (Å²) in [4.78, 5) is 26.0. The van der Waals surface area contributed by atoms with Crippen molar-refractivity contribution in [2.45, 2.75) is 50.6 Å². The predicted octanol–water partition coefficient (Wildman–Crippen LogP) is 3.53. The fourth-order valence-corrected chi connectivity index (χ4v) is 5.70. The van der Waals surface area contributed by atoms with E-state index in [9.17, 15) is 14.7 Å². The van der Waals surface area contributed by atoms with Gasteiger partial charge in [-0.05, 0) is 50.6 Å². The zero-order valence-electron chi connectivity index (χ0n) is 17.5. The molecule has 0 amide bonds. The summed E-state index contributed by atoms with van der Waals surface area (Å²) in [6.07, 6.45) is 7.17. The molecule has 8 heteroatoms. The maximum Gasteiger partial charge on any atom is 0.341 e. The Kier molecular flexibility index (Phi) is 5.00. The van der Waals surface area contributed by atoms with Gasteiger partial charge in [0.15, 0.2) is 5.82 Å². The SMILES string of the molecule is CN[C@H]1CCCC[C@@H]2CN(c3c(F)cc4c(=O)c(C(=O)O)cn(C5CC5)c4c3F)C[C@@H]21. The van der Waals surface area contributed by atoms with E-state index in [0.717, 1.165) is 44.6 Å². The van der Waals surface area contributed by atoms with Crippen LogP contribution in [0.25, 0.3) is 10.9 Å². The third-order valence-electron chi connectivity index (χ3n) is 7.39. The maximum atomic E-state index is 15.9. The highest BCUT2D eigenvalue weighted by Gasteiger charge is 2.40. The largest absolute Gasteiger partial charge is 0.477 e. The number of rotatable bonds is 4. The van der Waals surface area contributed by atoms with Crippen LogP contribution in [0.2, 0.25) is 0 Å². The summed E-state index contributed by atoms with van der Waals surface area (Å²) >= 11 is 0. The monoisotopic (exact) mass is 431 g/mol. The summed E-state index contributed by atoms with van der Waals surface area (Å²) in [5.41, 5.74) is -1.37. The van der Waals surface area contributed by atoms with Gasteiger partial charge in [-0.15, -0.1) is 0 Å². The standard InChI is InChI=1S/C23H27F2N3O3/c1-26-18-5-3-2-4-12-9-27(10-15(12)18)21-17(24)8-14-20(19(21)25)28(13-6-7-13)11-16(22(14)29)23(30)31/h8,11-13,15,18,26H,2-7,9-10H2,1H3,(H,30,31)/t12-,15+,18+/m1/s1. The minimum Gasteiger partial charge on any atom is -0.477 e. The molecule has 3 fully saturated rings. The van der Waals surface area contributed by atoms with Gasteiger partial charge < -0.3 is 19.9 Å². The lowest BCUT2D eigenvalue weighted by atomic mass is 9.88.